The maximum Gasteiger partial charge on any atom is 0.271 e. The molecule has 0 spiro atoms. The number of benzene rings is 2. The number of rotatable bonds is 4. The second kappa shape index (κ2) is 8.53. The molecular weight excluding hydrogens is 420 g/mol. The predicted molar refractivity (Wildman–Crippen MR) is 106 cm³/mol. The molecule has 2 aliphatic rings. The van der Waals surface area contributed by atoms with Crippen LogP contribution in [0.15, 0.2) is 48.5 Å². The van der Waals surface area contributed by atoms with E-state index >= 15 is 0 Å². The Morgan fingerprint density at radius 2 is 1.79 bits per heavy atom. The van der Waals surface area contributed by atoms with Gasteiger partial charge in [0.15, 0.2) is 18.0 Å². The van der Waals surface area contributed by atoms with Crippen LogP contribution in [0.3, 0.4) is 0 Å². The van der Waals surface area contributed by atoms with E-state index in [1.165, 1.54) is 6.42 Å². The van der Waals surface area contributed by atoms with E-state index in [-0.39, 0.29) is 17.0 Å². The smallest absolute Gasteiger partial charge is 0.271 e. The summed E-state index contributed by atoms with van der Waals surface area (Å²) in [7, 11) is 3.35. The third-order valence-electron chi connectivity index (χ3n) is 5.64. The molecule has 1 atom stereocenters. The van der Waals surface area contributed by atoms with Gasteiger partial charge in [0.2, 0.25) is 0 Å². The minimum Gasteiger partial charge on any atom is -1.00 e. The quantitative estimate of drug-likeness (QED) is 0.688. The van der Waals surface area contributed by atoms with Crippen molar-refractivity contribution in [3.8, 4) is 11.5 Å². The third kappa shape index (κ3) is 3.51. The highest BCUT2D eigenvalue weighted by Crippen LogP contribution is 2.40. The van der Waals surface area contributed by atoms with Gasteiger partial charge in [-0.25, -0.2) is 9.48 Å². The van der Waals surface area contributed by atoms with Crippen molar-refractivity contribution in [1.29, 1.82) is 0 Å². The van der Waals surface area contributed by atoms with Gasteiger partial charge >= 0.3 is 0 Å². The highest BCUT2D eigenvalue weighted by molar-refractivity contribution is 5.97. The summed E-state index contributed by atoms with van der Waals surface area (Å²) < 4.78 is 13.3. The van der Waals surface area contributed by atoms with Crippen LogP contribution >= 0.6 is 0 Å². The van der Waals surface area contributed by atoms with E-state index in [1.54, 1.807) is 14.2 Å². The molecule has 0 aromatic heterocycles. The van der Waals surface area contributed by atoms with Crippen molar-refractivity contribution < 1.29 is 36.1 Å². The summed E-state index contributed by atoms with van der Waals surface area (Å²) in [5.74, 6) is 2.72. The topological polar surface area (TPSA) is 44.9 Å². The summed E-state index contributed by atoms with van der Waals surface area (Å²) >= 11 is 0. The van der Waals surface area contributed by atoms with E-state index in [0.29, 0.717) is 6.54 Å². The van der Waals surface area contributed by atoms with Gasteiger partial charge in [-0.15, -0.1) is 0 Å². The van der Waals surface area contributed by atoms with Gasteiger partial charge in [0.25, 0.3) is 11.6 Å². The van der Waals surface area contributed by atoms with Crippen LogP contribution < -0.4 is 31.4 Å². The first kappa shape index (κ1) is 20.7. The molecule has 0 radical (unpaired) electrons. The van der Waals surface area contributed by atoms with Crippen molar-refractivity contribution in [2.45, 2.75) is 31.4 Å². The molecule has 0 aliphatic carbocycles. The molecular formula is C22H27BrN2O3. The van der Waals surface area contributed by atoms with Crippen molar-refractivity contribution in [2.24, 2.45) is 0 Å². The average molecular weight is 447 g/mol. The van der Waals surface area contributed by atoms with Crippen LogP contribution in [-0.2, 0) is 5.72 Å². The average Bonchev–Trinajstić information content (AvgIpc) is 2.87. The number of anilines is 1. The second-order valence-electron chi connectivity index (χ2n) is 7.19. The maximum atomic E-state index is 11.8. The zero-order valence-corrected chi connectivity index (χ0v) is 18.0. The summed E-state index contributed by atoms with van der Waals surface area (Å²) in [6.45, 7) is 1.32. The molecule has 6 heteroatoms. The highest BCUT2D eigenvalue weighted by Gasteiger charge is 2.52. The summed E-state index contributed by atoms with van der Waals surface area (Å²) in [5, 5.41) is 11.8. The predicted octanol–water partition coefficient (Wildman–Crippen LogP) is 0.358. The third-order valence-corrected chi connectivity index (χ3v) is 5.64. The fourth-order valence-electron chi connectivity index (χ4n) is 4.25. The van der Waals surface area contributed by atoms with E-state index in [1.807, 2.05) is 48.5 Å². The molecule has 1 N–H and O–H groups in total. The molecule has 2 aromatic carbocycles. The Labute approximate surface area is 177 Å². The number of halogens is 1. The molecule has 5 nitrogen and oxygen atoms in total. The van der Waals surface area contributed by atoms with Crippen molar-refractivity contribution >= 4 is 11.5 Å². The van der Waals surface area contributed by atoms with Gasteiger partial charge < -0.3 is 31.6 Å². The Bertz CT molecular complexity index is 856. The summed E-state index contributed by atoms with van der Waals surface area (Å²) in [5.41, 5.74) is 0.814. The number of β-amino-alcohol motifs (C(OH)–C–C–N with tert-alkyl or cyclic N) is 1. The molecule has 2 aromatic rings. The Kier molecular flexibility index (Phi) is 6.30. The normalized spacial score (nSPS) is 21.6. The van der Waals surface area contributed by atoms with Crippen molar-refractivity contribution in [3.63, 3.8) is 0 Å². The molecule has 0 bridgehead atoms. The van der Waals surface area contributed by atoms with Gasteiger partial charge in [-0.2, -0.15) is 0 Å². The van der Waals surface area contributed by atoms with E-state index < -0.39 is 5.72 Å². The number of hydrogen-bond acceptors (Lipinski definition) is 4. The van der Waals surface area contributed by atoms with Crippen LogP contribution in [0, 0.1) is 0 Å². The first-order valence-corrected chi connectivity index (χ1v) is 9.58. The molecule has 4 rings (SSSR count). The molecule has 0 fully saturated rings. The van der Waals surface area contributed by atoms with Crippen LogP contribution in [0.5, 0.6) is 11.5 Å². The number of methoxy groups -OCH3 is 2. The van der Waals surface area contributed by atoms with Gasteiger partial charge in [0, 0.05) is 18.1 Å². The number of amidine groups is 1. The number of nitrogens with zero attached hydrogens (tertiary/aromatic N) is 2. The Morgan fingerprint density at radius 3 is 2.50 bits per heavy atom. The highest BCUT2D eigenvalue weighted by atomic mass is 79.9. The molecule has 0 saturated carbocycles. The lowest BCUT2D eigenvalue weighted by Crippen LogP contribution is -3.00. The zero-order chi connectivity index (χ0) is 18.9. The molecule has 0 amide bonds. The van der Waals surface area contributed by atoms with Crippen LogP contribution in [-0.4, -0.2) is 42.8 Å². The first-order valence-electron chi connectivity index (χ1n) is 9.58. The largest absolute Gasteiger partial charge is 1.00 e. The second-order valence-corrected chi connectivity index (χ2v) is 7.19. The van der Waals surface area contributed by atoms with E-state index in [9.17, 15) is 5.11 Å². The molecule has 2 heterocycles. The fraction of sp³-hybridized carbons (Fsp3) is 0.409. The van der Waals surface area contributed by atoms with Crippen molar-refractivity contribution in [3.05, 3.63) is 54.1 Å². The summed E-state index contributed by atoms with van der Waals surface area (Å²) in [6.07, 6.45) is 4.32. The van der Waals surface area contributed by atoms with Crippen molar-refractivity contribution in [1.82, 2.24) is 0 Å². The minimum atomic E-state index is -1.05. The van der Waals surface area contributed by atoms with Gasteiger partial charge in [0.05, 0.1) is 20.8 Å². The minimum absolute atomic E-state index is 0. The summed E-state index contributed by atoms with van der Waals surface area (Å²) in [6, 6.07) is 15.8. The van der Waals surface area contributed by atoms with Crippen LogP contribution in [0.25, 0.3) is 0 Å². The maximum absolute atomic E-state index is 11.8. The number of ether oxygens (including phenoxy) is 2. The fourth-order valence-corrected chi connectivity index (χ4v) is 4.25. The van der Waals surface area contributed by atoms with E-state index in [2.05, 4.69) is 9.48 Å². The lowest BCUT2D eigenvalue weighted by Gasteiger charge is -2.23. The Balaban J connectivity index is 0.00000225. The molecule has 28 heavy (non-hydrogen) atoms. The van der Waals surface area contributed by atoms with Gasteiger partial charge in [0.1, 0.15) is 5.75 Å². The monoisotopic (exact) mass is 446 g/mol. The standard InChI is InChI=1S/C22H27N2O3.BrH/c1-26-18-12-13-20(27-2)19(15-18)23-16-22(25,17-9-5-3-6-10-17)24-14-8-4-7-11-21(23)24;/h3,5-6,9-10,12-13,15,25H,4,7-8,11,14,16H2,1-2H3;1H/q+1;/p-1. The Hall–Kier alpha value is -2.05. The van der Waals surface area contributed by atoms with Gasteiger partial charge in [-0.3, -0.25) is 0 Å². The molecule has 150 valence electrons. The lowest BCUT2D eigenvalue weighted by molar-refractivity contribution is -0.658. The molecule has 0 saturated heterocycles. The van der Waals surface area contributed by atoms with Gasteiger partial charge in [-0.1, -0.05) is 30.3 Å². The molecule has 2 aliphatic heterocycles. The van der Waals surface area contributed by atoms with Crippen LogP contribution in [0.1, 0.15) is 31.2 Å². The first-order chi connectivity index (χ1) is 13.2. The van der Waals surface area contributed by atoms with Crippen molar-refractivity contribution in [2.75, 3.05) is 32.2 Å². The SMILES string of the molecule is COc1ccc(OC)c(N2CC(O)(c3ccccc3)[N+]3=C2CCCCC3)c1.[Br-]. The van der Waals surface area contributed by atoms with E-state index in [0.717, 1.165) is 54.4 Å². The Morgan fingerprint density at radius 1 is 1.00 bits per heavy atom. The van der Waals surface area contributed by atoms with Crippen LogP contribution in [0.4, 0.5) is 5.69 Å². The zero-order valence-electron chi connectivity index (χ0n) is 16.4. The van der Waals surface area contributed by atoms with Gasteiger partial charge in [-0.05, 0) is 31.4 Å². The number of aliphatic hydroxyl groups is 1. The van der Waals surface area contributed by atoms with E-state index in [4.69, 9.17) is 9.47 Å². The lowest BCUT2D eigenvalue weighted by atomic mass is 10.0. The van der Waals surface area contributed by atoms with Crippen LogP contribution in [0.2, 0.25) is 0 Å². The number of hydrogen-bond donors (Lipinski definition) is 1. The molecule has 1 unspecified atom stereocenters. The summed E-state index contributed by atoms with van der Waals surface area (Å²) in [4.78, 5) is 2.21.